The fraction of sp³-hybridized carbons (Fsp3) is 0.400. The number of imidazole rings is 1. The highest BCUT2D eigenvalue weighted by atomic mass is 15.1. The van der Waals surface area contributed by atoms with Crippen molar-refractivity contribution >= 4 is 5.69 Å². The van der Waals surface area contributed by atoms with Gasteiger partial charge in [0.15, 0.2) is 0 Å². The second-order valence-corrected chi connectivity index (χ2v) is 4.88. The number of benzene rings is 1. The van der Waals surface area contributed by atoms with E-state index in [4.69, 9.17) is 0 Å². The van der Waals surface area contributed by atoms with Gasteiger partial charge in [-0.15, -0.1) is 0 Å². The van der Waals surface area contributed by atoms with E-state index in [0.717, 1.165) is 38.2 Å². The van der Waals surface area contributed by atoms with E-state index < -0.39 is 0 Å². The van der Waals surface area contributed by atoms with Crippen LogP contribution < -0.4 is 5.32 Å². The minimum atomic E-state index is 0.919. The molecule has 0 aliphatic carbocycles. The summed E-state index contributed by atoms with van der Waals surface area (Å²) in [6, 6.07) is 6.75. The number of aromatic nitrogens is 2. The van der Waals surface area contributed by atoms with E-state index in [9.17, 15) is 0 Å². The van der Waals surface area contributed by atoms with E-state index >= 15 is 0 Å². The number of fused-ring (bicyclic) bond motifs is 1. The van der Waals surface area contributed by atoms with Crippen molar-refractivity contribution in [3.63, 3.8) is 0 Å². The SMILES string of the molecule is CCCn1ccnc1Cc1ccc2c(c1)NCC2. The van der Waals surface area contributed by atoms with Crippen LogP contribution in [0.1, 0.15) is 30.3 Å². The molecule has 18 heavy (non-hydrogen) atoms. The second kappa shape index (κ2) is 4.84. The third kappa shape index (κ3) is 2.13. The van der Waals surface area contributed by atoms with Gasteiger partial charge >= 0.3 is 0 Å². The topological polar surface area (TPSA) is 29.9 Å². The van der Waals surface area contributed by atoms with Crippen LogP contribution in [0.15, 0.2) is 30.6 Å². The molecule has 0 saturated heterocycles. The Morgan fingerprint density at radius 1 is 1.39 bits per heavy atom. The van der Waals surface area contributed by atoms with Crippen molar-refractivity contribution in [2.75, 3.05) is 11.9 Å². The molecule has 2 heterocycles. The molecular weight excluding hydrogens is 222 g/mol. The maximum Gasteiger partial charge on any atom is 0.113 e. The molecule has 94 valence electrons. The molecule has 0 fully saturated rings. The van der Waals surface area contributed by atoms with Crippen molar-refractivity contribution in [3.05, 3.63) is 47.5 Å². The van der Waals surface area contributed by atoms with Crippen LogP contribution in [0, 0.1) is 0 Å². The van der Waals surface area contributed by atoms with Gasteiger partial charge in [-0.1, -0.05) is 19.1 Å². The average Bonchev–Trinajstić information content (AvgIpc) is 2.99. The molecular formula is C15H19N3. The summed E-state index contributed by atoms with van der Waals surface area (Å²) in [5.74, 6) is 1.16. The average molecular weight is 241 g/mol. The lowest BCUT2D eigenvalue weighted by Gasteiger charge is -2.08. The van der Waals surface area contributed by atoms with Gasteiger partial charge in [-0.25, -0.2) is 4.98 Å². The van der Waals surface area contributed by atoms with Crippen molar-refractivity contribution in [2.24, 2.45) is 0 Å². The predicted molar refractivity (Wildman–Crippen MR) is 74.0 cm³/mol. The van der Waals surface area contributed by atoms with Gasteiger partial charge in [0.2, 0.25) is 0 Å². The van der Waals surface area contributed by atoms with Crippen molar-refractivity contribution in [1.82, 2.24) is 9.55 Å². The second-order valence-electron chi connectivity index (χ2n) is 4.88. The van der Waals surface area contributed by atoms with E-state index in [1.807, 2.05) is 6.20 Å². The van der Waals surface area contributed by atoms with E-state index in [1.54, 1.807) is 0 Å². The third-order valence-corrected chi connectivity index (χ3v) is 3.51. The fourth-order valence-electron chi connectivity index (χ4n) is 2.58. The molecule has 1 aromatic heterocycles. The van der Waals surface area contributed by atoms with Gasteiger partial charge < -0.3 is 9.88 Å². The minimum absolute atomic E-state index is 0.919. The van der Waals surface area contributed by atoms with Crippen LogP contribution in [0.5, 0.6) is 0 Å². The van der Waals surface area contributed by atoms with Crippen molar-refractivity contribution in [2.45, 2.75) is 32.7 Å². The molecule has 1 aliphatic heterocycles. The summed E-state index contributed by atoms with van der Waals surface area (Å²) in [6.07, 6.45) is 7.19. The zero-order valence-electron chi connectivity index (χ0n) is 10.8. The van der Waals surface area contributed by atoms with Crippen LogP contribution >= 0.6 is 0 Å². The number of anilines is 1. The zero-order chi connectivity index (χ0) is 12.4. The molecule has 0 atom stereocenters. The molecule has 0 saturated carbocycles. The normalized spacial score (nSPS) is 13.4. The molecule has 0 unspecified atom stereocenters. The monoisotopic (exact) mass is 241 g/mol. The molecule has 3 rings (SSSR count). The first-order chi connectivity index (χ1) is 8.86. The van der Waals surface area contributed by atoms with Crippen LogP contribution in [-0.2, 0) is 19.4 Å². The van der Waals surface area contributed by atoms with Crippen molar-refractivity contribution in [3.8, 4) is 0 Å². The Balaban J connectivity index is 1.81. The Hall–Kier alpha value is -1.77. The number of nitrogens with zero attached hydrogens (tertiary/aromatic N) is 2. The maximum absolute atomic E-state index is 4.47. The molecule has 0 bridgehead atoms. The largest absolute Gasteiger partial charge is 0.384 e. The Kier molecular flexibility index (Phi) is 3.05. The lowest BCUT2D eigenvalue weighted by Crippen LogP contribution is -2.03. The van der Waals surface area contributed by atoms with Crippen LogP contribution in [0.3, 0.4) is 0 Å². The summed E-state index contributed by atoms with van der Waals surface area (Å²) < 4.78 is 2.25. The molecule has 3 nitrogen and oxygen atoms in total. The van der Waals surface area contributed by atoms with E-state index in [2.05, 4.69) is 46.2 Å². The molecule has 1 N–H and O–H groups in total. The third-order valence-electron chi connectivity index (χ3n) is 3.51. The number of rotatable bonds is 4. The standard InChI is InChI=1S/C15H19N3/c1-2-8-18-9-7-17-15(18)11-12-3-4-13-5-6-16-14(13)10-12/h3-4,7,9-10,16H,2,5-6,8,11H2,1H3. The van der Waals surface area contributed by atoms with Crippen molar-refractivity contribution in [1.29, 1.82) is 0 Å². The molecule has 0 spiro atoms. The quantitative estimate of drug-likeness (QED) is 0.892. The Labute approximate surface area is 108 Å². The van der Waals surface area contributed by atoms with Crippen molar-refractivity contribution < 1.29 is 0 Å². The Morgan fingerprint density at radius 2 is 2.33 bits per heavy atom. The Morgan fingerprint density at radius 3 is 3.22 bits per heavy atom. The van der Waals surface area contributed by atoms with Crippen LogP contribution in [-0.4, -0.2) is 16.1 Å². The molecule has 0 radical (unpaired) electrons. The molecule has 3 heteroatoms. The summed E-state index contributed by atoms with van der Waals surface area (Å²) in [5, 5.41) is 3.43. The van der Waals surface area contributed by atoms with Crippen LogP contribution in [0.4, 0.5) is 5.69 Å². The Bertz CT molecular complexity index is 542. The maximum atomic E-state index is 4.47. The summed E-state index contributed by atoms with van der Waals surface area (Å²) >= 11 is 0. The van der Waals surface area contributed by atoms with E-state index in [1.165, 1.54) is 16.8 Å². The van der Waals surface area contributed by atoms with Gasteiger partial charge in [-0.05, 0) is 30.0 Å². The first-order valence-electron chi connectivity index (χ1n) is 6.72. The molecule has 1 aliphatic rings. The minimum Gasteiger partial charge on any atom is -0.384 e. The van der Waals surface area contributed by atoms with Gasteiger partial charge in [0, 0.05) is 37.6 Å². The lowest BCUT2D eigenvalue weighted by molar-refractivity contribution is 0.647. The van der Waals surface area contributed by atoms with Crippen LogP contribution in [0.2, 0.25) is 0 Å². The summed E-state index contributed by atoms with van der Waals surface area (Å²) in [4.78, 5) is 4.47. The molecule has 0 amide bonds. The summed E-state index contributed by atoms with van der Waals surface area (Å²) in [5.41, 5.74) is 4.09. The van der Waals surface area contributed by atoms with Gasteiger partial charge in [0.25, 0.3) is 0 Å². The summed E-state index contributed by atoms with van der Waals surface area (Å²) in [6.45, 7) is 4.32. The first-order valence-corrected chi connectivity index (χ1v) is 6.72. The molecule has 2 aromatic rings. The zero-order valence-corrected chi connectivity index (χ0v) is 10.8. The first kappa shape index (κ1) is 11.3. The molecule has 1 aromatic carbocycles. The van der Waals surface area contributed by atoms with Gasteiger partial charge in [0.05, 0.1) is 0 Å². The highest BCUT2D eigenvalue weighted by Gasteiger charge is 2.11. The predicted octanol–water partition coefficient (Wildman–Crippen LogP) is 2.85. The fourth-order valence-corrected chi connectivity index (χ4v) is 2.58. The lowest BCUT2D eigenvalue weighted by atomic mass is 10.1. The number of hydrogen-bond donors (Lipinski definition) is 1. The number of hydrogen-bond acceptors (Lipinski definition) is 2. The highest BCUT2D eigenvalue weighted by molar-refractivity contribution is 5.57. The highest BCUT2D eigenvalue weighted by Crippen LogP contribution is 2.24. The van der Waals surface area contributed by atoms with E-state index in [-0.39, 0.29) is 0 Å². The van der Waals surface area contributed by atoms with E-state index in [0.29, 0.717) is 0 Å². The number of nitrogens with one attached hydrogen (secondary N) is 1. The smallest absolute Gasteiger partial charge is 0.113 e. The summed E-state index contributed by atoms with van der Waals surface area (Å²) in [7, 11) is 0. The van der Waals surface area contributed by atoms with Gasteiger partial charge in [0.1, 0.15) is 5.82 Å². The van der Waals surface area contributed by atoms with Gasteiger partial charge in [-0.3, -0.25) is 0 Å². The number of aryl methyl sites for hydroxylation is 1. The van der Waals surface area contributed by atoms with Gasteiger partial charge in [-0.2, -0.15) is 0 Å². The van der Waals surface area contributed by atoms with Crippen LogP contribution in [0.25, 0.3) is 0 Å².